The molecular weight excluding hydrogens is 364 g/mol. The van der Waals surface area contributed by atoms with Crippen LogP contribution in [0.3, 0.4) is 0 Å². The number of carbonyl (C=O) groups is 1. The molecule has 1 aliphatic rings. The van der Waals surface area contributed by atoms with E-state index in [9.17, 15) is 13.6 Å². The van der Waals surface area contributed by atoms with E-state index in [0.717, 1.165) is 63.1 Å². The highest BCUT2D eigenvalue weighted by atomic mass is 19.1. The highest BCUT2D eigenvalue weighted by Crippen LogP contribution is 2.20. The Labute approximate surface area is 163 Å². The van der Waals surface area contributed by atoms with E-state index in [1.165, 1.54) is 5.69 Å². The number of nitrogens with one attached hydrogen (secondary N) is 1. The minimum absolute atomic E-state index is 0.00519. The van der Waals surface area contributed by atoms with E-state index in [4.69, 9.17) is 4.74 Å². The van der Waals surface area contributed by atoms with E-state index in [2.05, 4.69) is 27.2 Å². The summed E-state index contributed by atoms with van der Waals surface area (Å²) in [5, 5.41) is 2.72. The molecule has 1 fully saturated rings. The van der Waals surface area contributed by atoms with E-state index in [1.807, 2.05) is 12.1 Å². The molecule has 0 unspecified atom stereocenters. The summed E-state index contributed by atoms with van der Waals surface area (Å²) in [5.74, 6) is -1.10. The molecule has 1 amide bonds. The normalized spacial score (nSPS) is 14.8. The Morgan fingerprint density at radius 2 is 1.68 bits per heavy atom. The van der Waals surface area contributed by atoms with Crippen molar-refractivity contribution in [3.05, 3.63) is 59.7 Å². The Morgan fingerprint density at radius 1 is 1.04 bits per heavy atom. The number of anilines is 1. The Hall–Kier alpha value is -2.67. The van der Waals surface area contributed by atoms with Crippen molar-refractivity contribution < 1.29 is 18.3 Å². The largest absolute Gasteiger partial charge is 0.497 e. The number of benzene rings is 2. The summed E-state index contributed by atoms with van der Waals surface area (Å²) < 4.78 is 31.5. The van der Waals surface area contributed by atoms with Gasteiger partial charge >= 0.3 is 0 Å². The second-order valence-electron chi connectivity index (χ2n) is 6.79. The molecule has 1 saturated heterocycles. The van der Waals surface area contributed by atoms with Crippen LogP contribution in [-0.4, -0.2) is 57.2 Å². The minimum atomic E-state index is -0.750. The third kappa shape index (κ3) is 5.42. The average Bonchev–Trinajstić information content (AvgIpc) is 2.71. The molecule has 1 N–H and O–H groups in total. The maximum absolute atomic E-state index is 13.2. The molecule has 1 heterocycles. The number of rotatable bonds is 7. The lowest BCUT2D eigenvalue weighted by atomic mass is 10.2. The van der Waals surface area contributed by atoms with E-state index in [1.54, 1.807) is 7.11 Å². The smallest absolute Gasteiger partial charge is 0.251 e. The molecule has 0 atom stereocenters. The zero-order valence-corrected chi connectivity index (χ0v) is 16.0. The summed E-state index contributed by atoms with van der Waals surface area (Å²) in [6, 6.07) is 10.9. The number of nitrogens with zero attached hydrogens (tertiary/aromatic N) is 2. The van der Waals surface area contributed by atoms with E-state index < -0.39 is 17.5 Å². The number of piperazine rings is 1. The van der Waals surface area contributed by atoms with Crippen LogP contribution in [0.1, 0.15) is 16.8 Å². The van der Waals surface area contributed by atoms with Gasteiger partial charge in [0, 0.05) is 50.0 Å². The van der Waals surface area contributed by atoms with Crippen molar-refractivity contribution in [2.24, 2.45) is 0 Å². The number of carbonyl (C=O) groups excluding carboxylic acids is 1. The monoisotopic (exact) mass is 389 g/mol. The molecule has 3 rings (SSSR count). The van der Waals surface area contributed by atoms with Crippen LogP contribution in [0.4, 0.5) is 14.5 Å². The number of ether oxygens (including phenoxy) is 1. The van der Waals surface area contributed by atoms with Gasteiger partial charge < -0.3 is 15.0 Å². The topological polar surface area (TPSA) is 44.8 Å². The summed E-state index contributed by atoms with van der Waals surface area (Å²) in [6.07, 6.45) is 0.784. The lowest BCUT2D eigenvalue weighted by Gasteiger charge is -2.36. The summed E-state index contributed by atoms with van der Waals surface area (Å²) in [6.45, 7) is 5.14. The lowest BCUT2D eigenvalue weighted by Crippen LogP contribution is -2.47. The fourth-order valence-corrected chi connectivity index (χ4v) is 3.31. The van der Waals surface area contributed by atoms with Crippen molar-refractivity contribution in [1.29, 1.82) is 0 Å². The first kappa shape index (κ1) is 20.1. The molecule has 0 aliphatic carbocycles. The molecule has 150 valence electrons. The van der Waals surface area contributed by atoms with Gasteiger partial charge in [0.1, 0.15) is 17.4 Å². The van der Waals surface area contributed by atoms with Gasteiger partial charge in [0.15, 0.2) is 0 Å². The van der Waals surface area contributed by atoms with Crippen LogP contribution in [0.2, 0.25) is 0 Å². The minimum Gasteiger partial charge on any atom is -0.497 e. The number of halogens is 2. The maximum Gasteiger partial charge on any atom is 0.251 e. The molecule has 2 aromatic carbocycles. The zero-order chi connectivity index (χ0) is 19.9. The summed E-state index contributed by atoms with van der Waals surface area (Å²) in [7, 11) is 1.66. The van der Waals surface area contributed by atoms with E-state index in [-0.39, 0.29) is 5.56 Å². The molecule has 5 nitrogen and oxygen atoms in total. The Kier molecular flexibility index (Phi) is 6.81. The quantitative estimate of drug-likeness (QED) is 0.740. The van der Waals surface area contributed by atoms with Gasteiger partial charge in [-0.25, -0.2) is 8.78 Å². The first-order valence-corrected chi connectivity index (χ1v) is 9.41. The van der Waals surface area contributed by atoms with Gasteiger partial charge in [-0.2, -0.15) is 0 Å². The molecule has 1 aliphatic heterocycles. The van der Waals surface area contributed by atoms with Gasteiger partial charge in [-0.05, 0) is 49.4 Å². The van der Waals surface area contributed by atoms with Crippen molar-refractivity contribution in [3.63, 3.8) is 0 Å². The van der Waals surface area contributed by atoms with Crippen LogP contribution in [0.25, 0.3) is 0 Å². The predicted molar refractivity (Wildman–Crippen MR) is 105 cm³/mol. The zero-order valence-electron chi connectivity index (χ0n) is 16.0. The summed E-state index contributed by atoms with van der Waals surface area (Å²) in [5.41, 5.74) is 1.20. The molecule has 28 heavy (non-hydrogen) atoms. The van der Waals surface area contributed by atoms with Crippen LogP contribution >= 0.6 is 0 Å². The third-order valence-electron chi connectivity index (χ3n) is 4.87. The molecule has 0 saturated carbocycles. The number of hydrogen-bond acceptors (Lipinski definition) is 4. The lowest BCUT2D eigenvalue weighted by molar-refractivity contribution is 0.0950. The highest BCUT2D eigenvalue weighted by Gasteiger charge is 2.17. The predicted octanol–water partition coefficient (Wildman–Crippen LogP) is 2.92. The molecule has 0 radical (unpaired) electrons. The molecule has 0 bridgehead atoms. The van der Waals surface area contributed by atoms with Crippen LogP contribution in [0.15, 0.2) is 42.5 Å². The fourth-order valence-electron chi connectivity index (χ4n) is 3.31. The van der Waals surface area contributed by atoms with Gasteiger partial charge in [-0.1, -0.05) is 0 Å². The van der Waals surface area contributed by atoms with Gasteiger partial charge in [0.25, 0.3) is 5.91 Å². The number of amides is 1. The van der Waals surface area contributed by atoms with Gasteiger partial charge in [-0.3, -0.25) is 9.69 Å². The molecule has 7 heteroatoms. The van der Waals surface area contributed by atoms with Crippen LogP contribution in [0, 0.1) is 11.6 Å². The van der Waals surface area contributed by atoms with Crippen LogP contribution in [0.5, 0.6) is 5.75 Å². The standard InChI is InChI=1S/C21H25F2N3O2/c1-28-20-5-3-19(4-6-20)26-11-9-25(10-12-26)8-2-7-24-21(27)16-13-17(22)15-18(23)14-16/h3-6,13-15H,2,7-12H2,1H3,(H,24,27). The Balaban J connectivity index is 1.36. The molecule has 2 aromatic rings. The molecular formula is C21H25F2N3O2. The molecule has 0 spiro atoms. The first-order valence-electron chi connectivity index (χ1n) is 9.41. The maximum atomic E-state index is 13.2. The van der Waals surface area contributed by atoms with E-state index >= 15 is 0 Å². The Morgan fingerprint density at radius 3 is 2.29 bits per heavy atom. The molecule has 0 aromatic heterocycles. The number of hydrogen-bond donors (Lipinski definition) is 1. The second kappa shape index (κ2) is 9.50. The first-order chi connectivity index (χ1) is 13.5. The van der Waals surface area contributed by atoms with Crippen molar-refractivity contribution in [1.82, 2.24) is 10.2 Å². The van der Waals surface area contributed by atoms with Gasteiger partial charge in [0.2, 0.25) is 0 Å². The highest BCUT2D eigenvalue weighted by molar-refractivity contribution is 5.94. The Bertz CT molecular complexity index is 770. The van der Waals surface area contributed by atoms with Crippen molar-refractivity contribution in [3.8, 4) is 5.75 Å². The summed E-state index contributed by atoms with van der Waals surface area (Å²) in [4.78, 5) is 16.7. The van der Waals surface area contributed by atoms with Gasteiger partial charge in [0.05, 0.1) is 7.11 Å². The average molecular weight is 389 g/mol. The van der Waals surface area contributed by atoms with Crippen molar-refractivity contribution in [2.45, 2.75) is 6.42 Å². The second-order valence-corrected chi connectivity index (χ2v) is 6.79. The SMILES string of the molecule is COc1ccc(N2CCN(CCCNC(=O)c3cc(F)cc(F)c3)CC2)cc1. The van der Waals surface area contributed by atoms with E-state index in [0.29, 0.717) is 6.54 Å². The van der Waals surface area contributed by atoms with Crippen LogP contribution in [-0.2, 0) is 0 Å². The van der Waals surface area contributed by atoms with Gasteiger partial charge in [-0.15, -0.1) is 0 Å². The third-order valence-corrected chi connectivity index (χ3v) is 4.87. The van der Waals surface area contributed by atoms with Crippen molar-refractivity contribution in [2.75, 3.05) is 51.3 Å². The fraction of sp³-hybridized carbons (Fsp3) is 0.381. The van der Waals surface area contributed by atoms with Crippen LogP contribution < -0.4 is 15.0 Å². The van der Waals surface area contributed by atoms with Crippen molar-refractivity contribution >= 4 is 11.6 Å². The summed E-state index contributed by atoms with van der Waals surface area (Å²) >= 11 is 0. The number of methoxy groups -OCH3 is 1.